The first kappa shape index (κ1) is 16.4. The lowest BCUT2D eigenvalue weighted by Crippen LogP contribution is -2.55. The molecule has 3 rings (SSSR count). The molecule has 1 aromatic carbocycles. The van der Waals surface area contributed by atoms with Crippen LogP contribution in [-0.4, -0.2) is 49.1 Å². The summed E-state index contributed by atoms with van der Waals surface area (Å²) < 4.78 is 16.9. The van der Waals surface area contributed by atoms with Crippen LogP contribution in [0.1, 0.15) is 38.3 Å². The molecule has 2 aliphatic heterocycles. The number of carbonyl (C=O) groups excluding carboxylic acids is 1. The maximum absolute atomic E-state index is 12.5. The molecule has 0 N–H and O–H groups in total. The van der Waals surface area contributed by atoms with Gasteiger partial charge in [-0.15, -0.1) is 0 Å². The molecule has 2 saturated heterocycles. The Kier molecular flexibility index (Phi) is 4.99. The molecule has 2 atom stereocenters. The molecule has 1 spiro atoms. The number of carbonyl (C=O) groups is 1. The van der Waals surface area contributed by atoms with Gasteiger partial charge in [0.1, 0.15) is 6.04 Å². The number of piperidine rings is 1. The van der Waals surface area contributed by atoms with Crippen LogP contribution in [0.15, 0.2) is 30.3 Å². The predicted octanol–water partition coefficient (Wildman–Crippen LogP) is 2.52. The number of ether oxygens (including phenoxy) is 3. The number of hydrogen-bond donors (Lipinski definition) is 0. The smallest absolute Gasteiger partial charge is 0.323 e. The number of esters is 1. The zero-order valence-electron chi connectivity index (χ0n) is 13.9. The quantitative estimate of drug-likeness (QED) is 0.798. The first-order valence-electron chi connectivity index (χ1n) is 8.40. The van der Waals surface area contributed by atoms with Crippen molar-refractivity contribution in [2.75, 3.05) is 26.4 Å². The highest BCUT2D eigenvalue weighted by atomic mass is 16.7. The molecule has 0 radical (unpaired) electrons. The van der Waals surface area contributed by atoms with Crippen LogP contribution in [0.5, 0.6) is 0 Å². The Balaban J connectivity index is 1.81. The minimum absolute atomic E-state index is 0.143. The second-order valence-electron chi connectivity index (χ2n) is 6.15. The van der Waals surface area contributed by atoms with E-state index in [1.807, 2.05) is 25.1 Å². The van der Waals surface area contributed by atoms with Crippen LogP contribution in [-0.2, 0) is 19.0 Å². The molecule has 5 nitrogen and oxygen atoms in total. The van der Waals surface area contributed by atoms with Gasteiger partial charge in [-0.05, 0) is 19.4 Å². The lowest BCUT2D eigenvalue weighted by atomic mass is 9.92. The van der Waals surface area contributed by atoms with E-state index in [1.54, 1.807) is 0 Å². The van der Waals surface area contributed by atoms with Gasteiger partial charge in [0, 0.05) is 25.4 Å². The Hall–Kier alpha value is -1.43. The molecular formula is C18H25NO4. The van der Waals surface area contributed by atoms with Gasteiger partial charge < -0.3 is 14.2 Å². The van der Waals surface area contributed by atoms with E-state index < -0.39 is 5.79 Å². The number of likely N-dealkylation sites (tertiary alicyclic amines) is 1. The predicted molar refractivity (Wildman–Crippen MR) is 85.9 cm³/mol. The van der Waals surface area contributed by atoms with Crippen LogP contribution < -0.4 is 0 Å². The molecule has 2 aliphatic rings. The van der Waals surface area contributed by atoms with Gasteiger partial charge in [0.25, 0.3) is 0 Å². The fourth-order valence-corrected chi connectivity index (χ4v) is 3.57. The van der Waals surface area contributed by atoms with Crippen molar-refractivity contribution in [3.63, 3.8) is 0 Å². The van der Waals surface area contributed by atoms with Crippen LogP contribution in [0.4, 0.5) is 0 Å². The van der Waals surface area contributed by atoms with Crippen molar-refractivity contribution < 1.29 is 19.0 Å². The molecule has 0 bridgehead atoms. The largest absolute Gasteiger partial charge is 0.465 e. The molecule has 5 heteroatoms. The van der Waals surface area contributed by atoms with E-state index in [0.29, 0.717) is 26.2 Å². The molecule has 126 valence electrons. The van der Waals surface area contributed by atoms with E-state index in [0.717, 1.165) is 13.0 Å². The summed E-state index contributed by atoms with van der Waals surface area (Å²) in [5.41, 5.74) is 1.20. The van der Waals surface area contributed by atoms with E-state index in [-0.39, 0.29) is 18.1 Å². The van der Waals surface area contributed by atoms with Gasteiger partial charge in [-0.2, -0.15) is 0 Å². The molecule has 0 unspecified atom stereocenters. The number of hydrogen-bond acceptors (Lipinski definition) is 5. The Morgan fingerprint density at radius 3 is 2.70 bits per heavy atom. The zero-order chi connectivity index (χ0) is 16.3. The van der Waals surface area contributed by atoms with Crippen LogP contribution in [0.25, 0.3) is 0 Å². The van der Waals surface area contributed by atoms with E-state index in [2.05, 4.69) is 24.0 Å². The fraction of sp³-hybridized carbons (Fsp3) is 0.611. The van der Waals surface area contributed by atoms with Crippen LogP contribution >= 0.6 is 0 Å². The maximum atomic E-state index is 12.5. The molecular weight excluding hydrogens is 294 g/mol. The van der Waals surface area contributed by atoms with Crippen molar-refractivity contribution in [2.24, 2.45) is 0 Å². The van der Waals surface area contributed by atoms with Crippen molar-refractivity contribution in [3.05, 3.63) is 35.9 Å². The molecule has 1 aromatic rings. The van der Waals surface area contributed by atoms with Crippen molar-refractivity contribution in [1.29, 1.82) is 0 Å². The van der Waals surface area contributed by atoms with Crippen LogP contribution in [0.3, 0.4) is 0 Å². The summed E-state index contributed by atoms with van der Waals surface area (Å²) in [4.78, 5) is 14.7. The van der Waals surface area contributed by atoms with Crippen LogP contribution in [0, 0.1) is 0 Å². The van der Waals surface area contributed by atoms with Gasteiger partial charge in [-0.1, -0.05) is 30.3 Å². The molecule has 0 aliphatic carbocycles. The van der Waals surface area contributed by atoms with Gasteiger partial charge in [-0.3, -0.25) is 9.69 Å². The first-order chi connectivity index (χ1) is 11.2. The average Bonchev–Trinajstić information content (AvgIpc) is 3.03. The summed E-state index contributed by atoms with van der Waals surface area (Å²) in [6.45, 7) is 6.31. The topological polar surface area (TPSA) is 48.0 Å². The van der Waals surface area contributed by atoms with E-state index >= 15 is 0 Å². The third-order valence-electron chi connectivity index (χ3n) is 4.81. The first-order valence-corrected chi connectivity index (χ1v) is 8.40. The fourth-order valence-electron chi connectivity index (χ4n) is 3.57. The molecule has 0 amide bonds. The Morgan fingerprint density at radius 1 is 1.35 bits per heavy atom. The lowest BCUT2D eigenvalue weighted by Gasteiger charge is -2.44. The van der Waals surface area contributed by atoms with Crippen molar-refractivity contribution in [3.8, 4) is 0 Å². The SMILES string of the molecule is CCOC(=O)[C@H]1CC2(CCN1[C@@H](C)c1ccccc1)OCCO2. The van der Waals surface area contributed by atoms with Gasteiger partial charge in [0.15, 0.2) is 5.79 Å². The van der Waals surface area contributed by atoms with Gasteiger partial charge in [0.2, 0.25) is 0 Å². The highest BCUT2D eigenvalue weighted by Gasteiger charge is 2.48. The summed E-state index contributed by atoms with van der Waals surface area (Å²) in [6.07, 6.45) is 1.31. The van der Waals surface area contributed by atoms with E-state index in [4.69, 9.17) is 14.2 Å². The summed E-state index contributed by atoms with van der Waals surface area (Å²) >= 11 is 0. The number of nitrogens with zero attached hydrogens (tertiary/aromatic N) is 1. The molecule has 0 saturated carbocycles. The van der Waals surface area contributed by atoms with Crippen LogP contribution in [0.2, 0.25) is 0 Å². The van der Waals surface area contributed by atoms with E-state index in [1.165, 1.54) is 5.56 Å². The highest BCUT2D eigenvalue weighted by molar-refractivity contribution is 5.76. The normalized spacial score (nSPS) is 25.4. The van der Waals surface area contributed by atoms with Crippen molar-refractivity contribution in [2.45, 2.75) is 44.6 Å². The summed E-state index contributed by atoms with van der Waals surface area (Å²) in [5.74, 6) is -0.793. The molecule has 2 heterocycles. The molecule has 2 fully saturated rings. The van der Waals surface area contributed by atoms with E-state index in [9.17, 15) is 4.79 Å². The average molecular weight is 319 g/mol. The Labute approximate surface area is 137 Å². The maximum Gasteiger partial charge on any atom is 0.323 e. The Bertz CT molecular complexity index is 527. The van der Waals surface area contributed by atoms with Gasteiger partial charge >= 0.3 is 5.97 Å². The second kappa shape index (κ2) is 6.99. The summed E-state index contributed by atoms with van der Waals surface area (Å²) in [7, 11) is 0. The third kappa shape index (κ3) is 3.42. The van der Waals surface area contributed by atoms with Crippen molar-refractivity contribution >= 4 is 5.97 Å². The second-order valence-corrected chi connectivity index (χ2v) is 6.15. The van der Waals surface area contributed by atoms with Crippen molar-refractivity contribution in [1.82, 2.24) is 4.90 Å². The third-order valence-corrected chi connectivity index (χ3v) is 4.81. The van der Waals surface area contributed by atoms with Gasteiger partial charge in [0.05, 0.1) is 19.8 Å². The summed E-state index contributed by atoms with van der Waals surface area (Å²) in [5, 5.41) is 0. The number of rotatable bonds is 4. The monoisotopic (exact) mass is 319 g/mol. The molecule has 0 aromatic heterocycles. The lowest BCUT2D eigenvalue weighted by molar-refractivity contribution is -0.207. The molecule has 23 heavy (non-hydrogen) atoms. The standard InChI is InChI=1S/C18H25NO4/c1-3-21-17(20)16-13-18(22-11-12-23-18)9-10-19(16)14(2)15-7-5-4-6-8-15/h4-8,14,16H,3,9-13H2,1-2H3/t14-,16+/m0/s1. The Morgan fingerprint density at radius 2 is 2.04 bits per heavy atom. The number of benzene rings is 1. The van der Waals surface area contributed by atoms with Gasteiger partial charge in [-0.25, -0.2) is 0 Å². The minimum Gasteiger partial charge on any atom is -0.465 e. The zero-order valence-corrected chi connectivity index (χ0v) is 13.9. The minimum atomic E-state index is -0.607. The summed E-state index contributed by atoms with van der Waals surface area (Å²) in [6, 6.07) is 10.1. The highest BCUT2D eigenvalue weighted by Crippen LogP contribution is 2.38.